The Bertz CT molecular complexity index is 919. The van der Waals surface area contributed by atoms with E-state index in [0.29, 0.717) is 5.56 Å². The maximum absolute atomic E-state index is 11.3. The highest BCUT2D eigenvalue weighted by molar-refractivity contribution is 5.88. The van der Waals surface area contributed by atoms with Gasteiger partial charge in [-0.3, -0.25) is 0 Å². The fourth-order valence-corrected chi connectivity index (χ4v) is 4.39. The number of hydrogen-bond acceptors (Lipinski definition) is 5. The van der Waals surface area contributed by atoms with E-state index in [1.807, 2.05) is 6.07 Å². The molecule has 0 radical (unpaired) electrons. The zero-order chi connectivity index (χ0) is 20.6. The van der Waals surface area contributed by atoms with Gasteiger partial charge in [0.1, 0.15) is 5.75 Å². The lowest BCUT2D eigenvalue weighted by Gasteiger charge is -2.42. The van der Waals surface area contributed by atoms with Crippen molar-refractivity contribution in [2.24, 2.45) is 5.41 Å². The Balaban J connectivity index is 1.70. The maximum Gasteiger partial charge on any atom is 0.335 e. The van der Waals surface area contributed by atoms with E-state index in [-0.39, 0.29) is 11.5 Å². The SMILES string of the molecule is COc1cc(C2Nc3ccc(C(=O)O)cc3CC2(C)C)cc(N2CCOCC2)c1. The number of nitrogens with one attached hydrogen (secondary N) is 1. The number of hydrogen-bond donors (Lipinski definition) is 2. The van der Waals surface area contributed by atoms with Crippen molar-refractivity contribution < 1.29 is 19.4 Å². The molecule has 0 aromatic heterocycles. The topological polar surface area (TPSA) is 71.0 Å². The van der Waals surface area contributed by atoms with Crippen molar-refractivity contribution in [2.45, 2.75) is 26.3 Å². The first-order valence-electron chi connectivity index (χ1n) is 10.0. The van der Waals surface area contributed by atoms with Crippen molar-refractivity contribution in [3.8, 4) is 5.75 Å². The van der Waals surface area contributed by atoms with Crippen molar-refractivity contribution in [2.75, 3.05) is 43.6 Å². The molecule has 2 heterocycles. The Morgan fingerprint density at radius 1 is 1.21 bits per heavy atom. The predicted octanol–water partition coefficient (Wildman–Crippen LogP) is 3.97. The Morgan fingerprint density at radius 2 is 1.97 bits per heavy atom. The van der Waals surface area contributed by atoms with Crippen LogP contribution in [0.25, 0.3) is 0 Å². The van der Waals surface area contributed by atoms with Gasteiger partial charge in [0.05, 0.1) is 31.9 Å². The molecule has 2 N–H and O–H groups in total. The minimum absolute atomic E-state index is 0.0839. The molecule has 154 valence electrons. The summed E-state index contributed by atoms with van der Waals surface area (Å²) in [5.74, 6) is -0.0516. The average molecular weight is 396 g/mol. The molecular formula is C23H28N2O4. The summed E-state index contributed by atoms with van der Waals surface area (Å²) < 4.78 is 11.1. The molecule has 1 fully saturated rings. The van der Waals surface area contributed by atoms with E-state index in [0.717, 1.165) is 55.4 Å². The Hall–Kier alpha value is -2.73. The number of carboxylic acids is 1. The number of carbonyl (C=O) groups is 1. The largest absolute Gasteiger partial charge is 0.497 e. The third-order valence-electron chi connectivity index (χ3n) is 5.94. The van der Waals surface area contributed by atoms with Gasteiger partial charge in [-0.05, 0) is 53.3 Å². The molecule has 0 amide bonds. The Labute approximate surface area is 171 Å². The summed E-state index contributed by atoms with van der Waals surface area (Å²) in [6.45, 7) is 7.64. The molecule has 2 aromatic rings. The van der Waals surface area contributed by atoms with Crippen LogP contribution >= 0.6 is 0 Å². The summed E-state index contributed by atoms with van der Waals surface area (Å²) in [6, 6.07) is 11.8. The van der Waals surface area contributed by atoms with Gasteiger partial charge in [0.25, 0.3) is 0 Å². The van der Waals surface area contributed by atoms with Gasteiger partial charge in [0.15, 0.2) is 0 Å². The minimum atomic E-state index is -0.893. The summed E-state index contributed by atoms with van der Waals surface area (Å²) in [7, 11) is 1.70. The number of ether oxygens (including phenoxy) is 2. The smallest absolute Gasteiger partial charge is 0.335 e. The third kappa shape index (κ3) is 3.90. The summed E-state index contributed by atoms with van der Waals surface area (Å²) in [5, 5.41) is 13.0. The molecule has 0 bridgehead atoms. The van der Waals surface area contributed by atoms with E-state index < -0.39 is 5.97 Å². The van der Waals surface area contributed by atoms with Crippen molar-refractivity contribution in [1.82, 2.24) is 0 Å². The van der Waals surface area contributed by atoms with E-state index in [4.69, 9.17) is 9.47 Å². The van der Waals surface area contributed by atoms with Crippen molar-refractivity contribution in [3.63, 3.8) is 0 Å². The van der Waals surface area contributed by atoms with Crippen LogP contribution in [-0.4, -0.2) is 44.5 Å². The summed E-state index contributed by atoms with van der Waals surface area (Å²) >= 11 is 0. The van der Waals surface area contributed by atoms with Gasteiger partial charge in [-0.1, -0.05) is 13.8 Å². The monoisotopic (exact) mass is 396 g/mol. The highest BCUT2D eigenvalue weighted by Gasteiger charge is 2.36. The van der Waals surface area contributed by atoms with Crippen LogP contribution in [0.4, 0.5) is 11.4 Å². The number of morpholine rings is 1. The molecule has 29 heavy (non-hydrogen) atoms. The van der Waals surface area contributed by atoms with Crippen LogP contribution in [0.1, 0.15) is 41.4 Å². The van der Waals surface area contributed by atoms with E-state index in [9.17, 15) is 9.90 Å². The van der Waals surface area contributed by atoms with Crippen molar-refractivity contribution in [1.29, 1.82) is 0 Å². The summed E-state index contributed by atoms with van der Waals surface area (Å²) in [5.41, 5.74) is 4.59. The van der Waals surface area contributed by atoms with Gasteiger partial charge < -0.3 is 24.8 Å². The lowest BCUT2D eigenvalue weighted by atomic mass is 9.72. The molecule has 1 atom stereocenters. The molecule has 6 nitrogen and oxygen atoms in total. The number of fused-ring (bicyclic) bond motifs is 1. The quantitative estimate of drug-likeness (QED) is 0.815. The molecular weight excluding hydrogens is 368 g/mol. The van der Waals surface area contributed by atoms with Crippen LogP contribution in [0.5, 0.6) is 5.75 Å². The second-order valence-corrected chi connectivity index (χ2v) is 8.48. The van der Waals surface area contributed by atoms with Gasteiger partial charge >= 0.3 is 5.97 Å². The number of aromatic carboxylic acids is 1. The van der Waals surface area contributed by atoms with Crippen LogP contribution in [0.15, 0.2) is 36.4 Å². The highest BCUT2D eigenvalue weighted by atomic mass is 16.5. The van der Waals surface area contributed by atoms with E-state index in [2.05, 4.69) is 42.3 Å². The first-order valence-corrected chi connectivity index (χ1v) is 10.0. The third-order valence-corrected chi connectivity index (χ3v) is 5.94. The lowest BCUT2D eigenvalue weighted by Crippen LogP contribution is -2.37. The van der Waals surface area contributed by atoms with Crippen molar-refractivity contribution >= 4 is 17.3 Å². The number of carboxylic acid groups (broad SMARTS) is 1. The van der Waals surface area contributed by atoms with Crippen LogP contribution in [0.2, 0.25) is 0 Å². The van der Waals surface area contributed by atoms with Crippen LogP contribution < -0.4 is 15.0 Å². The van der Waals surface area contributed by atoms with Gasteiger partial charge in [-0.15, -0.1) is 0 Å². The van der Waals surface area contributed by atoms with Gasteiger partial charge in [-0.25, -0.2) is 4.79 Å². The fraction of sp³-hybridized carbons (Fsp3) is 0.435. The highest BCUT2D eigenvalue weighted by Crippen LogP contribution is 2.46. The zero-order valence-corrected chi connectivity index (χ0v) is 17.2. The lowest BCUT2D eigenvalue weighted by molar-refractivity contribution is 0.0696. The molecule has 0 saturated carbocycles. The van der Waals surface area contributed by atoms with Gasteiger partial charge in [0.2, 0.25) is 0 Å². The molecule has 0 spiro atoms. The predicted molar refractivity (Wildman–Crippen MR) is 113 cm³/mol. The maximum atomic E-state index is 11.3. The zero-order valence-electron chi connectivity index (χ0n) is 17.2. The van der Waals surface area contributed by atoms with Gasteiger partial charge in [-0.2, -0.15) is 0 Å². The van der Waals surface area contributed by atoms with Gasteiger partial charge in [0, 0.05) is 30.5 Å². The molecule has 2 aliphatic rings. The molecule has 2 aromatic carbocycles. The van der Waals surface area contributed by atoms with E-state index >= 15 is 0 Å². The second kappa shape index (κ2) is 7.59. The first kappa shape index (κ1) is 19.6. The number of rotatable bonds is 4. The first-order chi connectivity index (χ1) is 13.9. The number of anilines is 2. The molecule has 2 aliphatic heterocycles. The van der Waals surface area contributed by atoms with E-state index in [1.165, 1.54) is 5.56 Å². The second-order valence-electron chi connectivity index (χ2n) is 8.48. The molecule has 1 unspecified atom stereocenters. The summed E-state index contributed by atoms with van der Waals surface area (Å²) in [6.07, 6.45) is 0.797. The summed E-state index contributed by atoms with van der Waals surface area (Å²) in [4.78, 5) is 13.7. The average Bonchev–Trinajstić information content (AvgIpc) is 2.72. The number of nitrogens with zero attached hydrogens (tertiary/aromatic N) is 1. The molecule has 4 rings (SSSR count). The van der Waals surface area contributed by atoms with Crippen LogP contribution in [0.3, 0.4) is 0 Å². The fourth-order valence-electron chi connectivity index (χ4n) is 4.39. The molecule has 0 aliphatic carbocycles. The number of benzene rings is 2. The Morgan fingerprint density at radius 3 is 2.66 bits per heavy atom. The standard InChI is InChI=1S/C23H28N2O4/c1-23(2)14-17-10-15(22(26)27)4-5-20(17)24-21(23)16-11-18(13-19(12-16)28-3)25-6-8-29-9-7-25/h4-5,10-13,21,24H,6-9,14H2,1-3H3,(H,26,27). The van der Waals surface area contributed by atoms with Crippen LogP contribution in [-0.2, 0) is 11.2 Å². The molecule has 1 saturated heterocycles. The van der Waals surface area contributed by atoms with Crippen molar-refractivity contribution in [3.05, 3.63) is 53.1 Å². The molecule has 6 heteroatoms. The Kier molecular flexibility index (Phi) is 5.13. The van der Waals surface area contributed by atoms with E-state index in [1.54, 1.807) is 19.2 Å². The normalized spacial score (nSPS) is 20.5. The number of methoxy groups -OCH3 is 1. The minimum Gasteiger partial charge on any atom is -0.497 e. The van der Waals surface area contributed by atoms with Crippen LogP contribution in [0, 0.1) is 5.41 Å².